The number of carboxylic acids is 1. The molecule has 1 aromatic carbocycles. The molecular weight excluding hydrogens is 272 g/mol. The van der Waals surface area contributed by atoms with Crippen LogP contribution in [0.5, 0.6) is 5.88 Å². The minimum atomic E-state index is -1.04. The average Bonchev–Trinajstić information content (AvgIpc) is 2.49. The Balaban J connectivity index is 2.22. The summed E-state index contributed by atoms with van der Waals surface area (Å²) < 4.78 is 4.92. The zero-order valence-electron chi connectivity index (χ0n) is 11.6. The van der Waals surface area contributed by atoms with Crippen molar-refractivity contribution in [3.8, 4) is 5.88 Å². The van der Waals surface area contributed by atoms with Gasteiger partial charge in [0.25, 0.3) is 5.91 Å². The van der Waals surface area contributed by atoms with E-state index in [1.54, 1.807) is 25.1 Å². The van der Waals surface area contributed by atoms with E-state index in [1.165, 1.54) is 25.4 Å². The number of benzene rings is 1. The highest BCUT2D eigenvalue weighted by Gasteiger charge is 2.11. The molecule has 0 bridgehead atoms. The number of hydrogen-bond acceptors (Lipinski definition) is 4. The normalized spacial score (nSPS) is 10.0. The van der Waals surface area contributed by atoms with Crippen LogP contribution in [-0.4, -0.2) is 29.1 Å². The Labute approximate surface area is 121 Å². The third kappa shape index (κ3) is 3.36. The van der Waals surface area contributed by atoms with Crippen LogP contribution in [0, 0.1) is 6.92 Å². The van der Waals surface area contributed by atoms with Crippen LogP contribution in [0.4, 0.5) is 5.69 Å². The highest BCUT2D eigenvalue weighted by atomic mass is 16.5. The number of anilines is 1. The van der Waals surface area contributed by atoms with E-state index in [2.05, 4.69) is 10.3 Å². The maximum atomic E-state index is 12.1. The number of rotatable bonds is 4. The number of aromatic carboxylic acids is 1. The number of carbonyl (C=O) groups excluding carboxylic acids is 1. The lowest BCUT2D eigenvalue weighted by Crippen LogP contribution is -2.13. The molecule has 21 heavy (non-hydrogen) atoms. The second-order valence-corrected chi connectivity index (χ2v) is 4.38. The number of carboxylic acid groups (broad SMARTS) is 1. The van der Waals surface area contributed by atoms with Gasteiger partial charge in [0.2, 0.25) is 5.88 Å². The molecule has 0 atom stereocenters. The maximum Gasteiger partial charge on any atom is 0.335 e. The Morgan fingerprint density at radius 2 is 1.90 bits per heavy atom. The van der Waals surface area contributed by atoms with Gasteiger partial charge in [-0.2, -0.15) is 0 Å². The second kappa shape index (κ2) is 6.04. The number of methoxy groups -OCH3 is 1. The molecule has 0 radical (unpaired) electrons. The number of aromatic nitrogens is 1. The number of aryl methyl sites for hydroxylation is 1. The van der Waals surface area contributed by atoms with Crippen LogP contribution >= 0.6 is 0 Å². The average molecular weight is 286 g/mol. The van der Waals surface area contributed by atoms with Crippen LogP contribution in [0.25, 0.3) is 0 Å². The topological polar surface area (TPSA) is 88.5 Å². The molecule has 2 aromatic rings. The predicted molar refractivity (Wildman–Crippen MR) is 76.9 cm³/mol. The quantitative estimate of drug-likeness (QED) is 0.900. The zero-order valence-corrected chi connectivity index (χ0v) is 11.6. The first-order chi connectivity index (χ1) is 10.0. The van der Waals surface area contributed by atoms with Crippen molar-refractivity contribution in [2.45, 2.75) is 6.92 Å². The molecule has 1 aromatic heterocycles. The fraction of sp³-hybridized carbons (Fsp3) is 0.133. The fourth-order valence-corrected chi connectivity index (χ4v) is 1.72. The predicted octanol–water partition coefficient (Wildman–Crippen LogP) is 2.35. The Bertz CT molecular complexity index is 681. The van der Waals surface area contributed by atoms with Gasteiger partial charge in [0.1, 0.15) is 0 Å². The number of ether oxygens (including phenoxy) is 1. The molecule has 1 heterocycles. The summed E-state index contributed by atoms with van der Waals surface area (Å²) in [5, 5.41) is 11.6. The van der Waals surface area contributed by atoms with Crippen molar-refractivity contribution in [2.75, 3.05) is 12.4 Å². The van der Waals surface area contributed by atoms with Crippen molar-refractivity contribution in [3.63, 3.8) is 0 Å². The molecular formula is C15H14N2O4. The Morgan fingerprint density at radius 1 is 1.19 bits per heavy atom. The molecule has 0 aliphatic heterocycles. The van der Waals surface area contributed by atoms with Crippen LogP contribution in [0.1, 0.15) is 26.3 Å². The van der Waals surface area contributed by atoms with Gasteiger partial charge in [0.05, 0.1) is 18.2 Å². The smallest absolute Gasteiger partial charge is 0.335 e. The van der Waals surface area contributed by atoms with Crippen molar-refractivity contribution in [1.82, 2.24) is 4.98 Å². The molecule has 0 saturated heterocycles. The molecule has 0 unspecified atom stereocenters. The summed E-state index contributed by atoms with van der Waals surface area (Å²) in [7, 11) is 1.49. The van der Waals surface area contributed by atoms with Crippen LogP contribution in [0.15, 0.2) is 36.5 Å². The molecule has 2 rings (SSSR count). The standard InChI is InChI=1S/C15H14N2O4/c1-9-3-4-10(15(19)20)7-12(9)17-14(18)11-5-6-13(21-2)16-8-11/h3-8H,1-2H3,(H,17,18)(H,19,20). The minimum absolute atomic E-state index is 0.115. The summed E-state index contributed by atoms with van der Waals surface area (Å²) >= 11 is 0. The van der Waals surface area contributed by atoms with Crippen molar-refractivity contribution in [2.24, 2.45) is 0 Å². The van der Waals surface area contributed by atoms with Gasteiger partial charge in [-0.1, -0.05) is 6.07 Å². The van der Waals surface area contributed by atoms with Crippen molar-refractivity contribution in [3.05, 3.63) is 53.2 Å². The monoisotopic (exact) mass is 286 g/mol. The Morgan fingerprint density at radius 3 is 2.48 bits per heavy atom. The van der Waals surface area contributed by atoms with Crippen molar-refractivity contribution < 1.29 is 19.4 Å². The molecule has 6 nitrogen and oxygen atoms in total. The Kier molecular flexibility index (Phi) is 4.18. The van der Waals surface area contributed by atoms with Gasteiger partial charge in [-0.25, -0.2) is 9.78 Å². The van der Waals surface area contributed by atoms with Gasteiger partial charge in [-0.15, -0.1) is 0 Å². The zero-order chi connectivity index (χ0) is 15.4. The van der Waals surface area contributed by atoms with Gasteiger partial charge in [0.15, 0.2) is 0 Å². The van der Waals surface area contributed by atoms with Crippen molar-refractivity contribution >= 4 is 17.6 Å². The summed E-state index contributed by atoms with van der Waals surface area (Å²) in [4.78, 5) is 27.0. The molecule has 2 N–H and O–H groups in total. The van der Waals surface area contributed by atoms with E-state index in [-0.39, 0.29) is 11.5 Å². The lowest BCUT2D eigenvalue weighted by molar-refractivity contribution is 0.0696. The van der Waals surface area contributed by atoms with Crippen LogP contribution in [-0.2, 0) is 0 Å². The molecule has 0 aliphatic carbocycles. The number of pyridine rings is 1. The number of carbonyl (C=O) groups is 2. The van der Waals surface area contributed by atoms with E-state index in [0.717, 1.165) is 5.56 Å². The number of nitrogens with one attached hydrogen (secondary N) is 1. The first kappa shape index (κ1) is 14.5. The SMILES string of the molecule is COc1ccc(C(=O)Nc2cc(C(=O)O)ccc2C)cn1. The summed E-state index contributed by atoms with van der Waals surface area (Å²) in [6.07, 6.45) is 1.39. The van der Waals surface area contributed by atoms with E-state index >= 15 is 0 Å². The highest BCUT2D eigenvalue weighted by molar-refractivity contribution is 6.05. The molecule has 108 valence electrons. The first-order valence-corrected chi connectivity index (χ1v) is 6.16. The summed E-state index contributed by atoms with van der Waals surface area (Å²) in [6, 6.07) is 7.72. The van der Waals surface area contributed by atoms with E-state index in [0.29, 0.717) is 17.1 Å². The molecule has 0 aliphatic rings. The second-order valence-electron chi connectivity index (χ2n) is 4.38. The molecule has 0 saturated carbocycles. The minimum Gasteiger partial charge on any atom is -0.481 e. The van der Waals surface area contributed by atoms with Crippen molar-refractivity contribution in [1.29, 1.82) is 0 Å². The lowest BCUT2D eigenvalue weighted by atomic mass is 10.1. The third-order valence-corrected chi connectivity index (χ3v) is 2.94. The van der Waals surface area contributed by atoms with Crippen LogP contribution in [0.3, 0.4) is 0 Å². The third-order valence-electron chi connectivity index (χ3n) is 2.94. The van der Waals surface area contributed by atoms with E-state index in [9.17, 15) is 9.59 Å². The summed E-state index contributed by atoms with van der Waals surface area (Å²) in [6.45, 7) is 1.79. The van der Waals surface area contributed by atoms with Gasteiger partial charge in [0, 0.05) is 18.0 Å². The number of hydrogen-bond donors (Lipinski definition) is 2. The van der Waals surface area contributed by atoms with E-state index < -0.39 is 5.97 Å². The van der Waals surface area contributed by atoms with Gasteiger partial charge in [-0.3, -0.25) is 4.79 Å². The fourth-order valence-electron chi connectivity index (χ4n) is 1.72. The number of amides is 1. The first-order valence-electron chi connectivity index (χ1n) is 6.16. The lowest BCUT2D eigenvalue weighted by Gasteiger charge is -2.09. The highest BCUT2D eigenvalue weighted by Crippen LogP contribution is 2.18. The summed E-state index contributed by atoms with van der Waals surface area (Å²) in [5.74, 6) is -0.997. The van der Waals surface area contributed by atoms with E-state index in [4.69, 9.17) is 9.84 Å². The molecule has 0 fully saturated rings. The van der Waals surface area contributed by atoms with Gasteiger partial charge in [-0.05, 0) is 30.7 Å². The van der Waals surface area contributed by atoms with Gasteiger partial charge < -0.3 is 15.2 Å². The molecule has 6 heteroatoms. The maximum absolute atomic E-state index is 12.1. The van der Waals surface area contributed by atoms with Crippen LogP contribution in [0.2, 0.25) is 0 Å². The summed E-state index contributed by atoms with van der Waals surface area (Å²) in [5.41, 5.74) is 1.70. The number of nitrogens with zero attached hydrogens (tertiary/aromatic N) is 1. The molecule has 1 amide bonds. The largest absolute Gasteiger partial charge is 0.481 e. The molecule has 0 spiro atoms. The van der Waals surface area contributed by atoms with E-state index in [1.807, 2.05) is 0 Å². The Hall–Kier alpha value is -2.89. The van der Waals surface area contributed by atoms with Gasteiger partial charge >= 0.3 is 5.97 Å². The van der Waals surface area contributed by atoms with Crippen LogP contribution < -0.4 is 10.1 Å².